The van der Waals surface area contributed by atoms with Crippen LogP contribution in [-0.2, 0) is 9.59 Å². The Kier molecular flexibility index (Phi) is 4.66. The van der Waals surface area contributed by atoms with E-state index in [0.29, 0.717) is 0 Å². The molecule has 0 aliphatic heterocycles. The molecule has 0 aromatic heterocycles. The SMILES string of the molecule is CC(=O)C(N=[N+]=[N-])C(=O)C=Cc1ccccc1. The molecule has 0 spiro atoms. The minimum atomic E-state index is -1.26. The highest BCUT2D eigenvalue weighted by Gasteiger charge is 2.18. The number of carbonyl (C=O) groups excluding carboxylic acids is 2. The molecule has 0 aliphatic rings. The number of carbonyl (C=O) groups is 2. The third-order valence-corrected chi connectivity index (χ3v) is 2.06. The Morgan fingerprint density at radius 3 is 2.53 bits per heavy atom. The van der Waals surface area contributed by atoms with Crippen molar-refractivity contribution in [2.24, 2.45) is 5.11 Å². The molecule has 5 heteroatoms. The smallest absolute Gasteiger partial charge is 0.172 e. The van der Waals surface area contributed by atoms with Gasteiger partial charge in [-0.15, -0.1) is 0 Å². The lowest BCUT2D eigenvalue weighted by molar-refractivity contribution is -0.125. The molecule has 0 N–H and O–H groups in total. The van der Waals surface area contributed by atoms with Crippen LogP contribution < -0.4 is 0 Å². The molecule has 0 radical (unpaired) electrons. The van der Waals surface area contributed by atoms with Gasteiger partial charge in [0.05, 0.1) is 0 Å². The van der Waals surface area contributed by atoms with Crippen molar-refractivity contribution in [2.75, 3.05) is 0 Å². The van der Waals surface area contributed by atoms with Crippen LogP contribution in [0.5, 0.6) is 0 Å². The number of rotatable bonds is 5. The van der Waals surface area contributed by atoms with Crippen molar-refractivity contribution in [1.29, 1.82) is 0 Å². The van der Waals surface area contributed by atoms with E-state index in [-0.39, 0.29) is 0 Å². The Bertz CT molecular complexity index is 486. The Morgan fingerprint density at radius 2 is 2.00 bits per heavy atom. The summed E-state index contributed by atoms with van der Waals surface area (Å²) in [7, 11) is 0. The van der Waals surface area contributed by atoms with Crippen molar-refractivity contribution in [3.05, 3.63) is 52.4 Å². The molecule has 0 saturated carbocycles. The van der Waals surface area contributed by atoms with Gasteiger partial charge in [-0.25, -0.2) is 0 Å². The first-order valence-corrected chi connectivity index (χ1v) is 4.97. The quantitative estimate of drug-likeness (QED) is 0.255. The van der Waals surface area contributed by atoms with E-state index in [0.717, 1.165) is 5.56 Å². The van der Waals surface area contributed by atoms with Gasteiger partial charge in [0, 0.05) is 4.91 Å². The zero-order valence-electron chi connectivity index (χ0n) is 9.28. The summed E-state index contributed by atoms with van der Waals surface area (Å²) in [6.07, 6.45) is 2.82. The first-order valence-electron chi connectivity index (χ1n) is 4.97. The number of hydrogen-bond donors (Lipinski definition) is 0. The molecule has 1 atom stereocenters. The fourth-order valence-electron chi connectivity index (χ4n) is 1.22. The number of ketones is 2. The fraction of sp³-hybridized carbons (Fsp3) is 0.167. The van der Waals surface area contributed by atoms with E-state index >= 15 is 0 Å². The first-order chi connectivity index (χ1) is 8.15. The summed E-state index contributed by atoms with van der Waals surface area (Å²) in [4.78, 5) is 25.1. The Balaban J connectivity index is 2.81. The maximum atomic E-state index is 11.6. The standard InChI is InChI=1S/C12H11N3O2/c1-9(16)12(14-15-13)11(17)8-7-10-5-3-2-4-6-10/h2-8,12H,1H3. The molecule has 0 aliphatic carbocycles. The fourth-order valence-corrected chi connectivity index (χ4v) is 1.22. The zero-order chi connectivity index (χ0) is 12.7. The predicted molar refractivity (Wildman–Crippen MR) is 64.1 cm³/mol. The molecule has 17 heavy (non-hydrogen) atoms. The van der Waals surface area contributed by atoms with Gasteiger partial charge in [-0.1, -0.05) is 41.5 Å². The lowest BCUT2D eigenvalue weighted by atomic mass is 10.1. The van der Waals surface area contributed by atoms with Crippen molar-refractivity contribution < 1.29 is 9.59 Å². The van der Waals surface area contributed by atoms with E-state index in [1.807, 2.05) is 30.3 Å². The largest absolute Gasteiger partial charge is 0.299 e. The van der Waals surface area contributed by atoms with Gasteiger partial charge < -0.3 is 0 Å². The van der Waals surface area contributed by atoms with Crippen molar-refractivity contribution in [2.45, 2.75) is 13.0 Å². The first kappa shape index (κ1) is 12.7. The molecule has 1 rings (SSSR count). The Hall–Kier alpha value is -2.39. The van der Waals surface area contributed by atoms with Crippen LogP contribution in [0, 0.1) is 0 Å². The Morgan fingerprint density at radius 1 is 1.35 bits per heavy atom. The Labute approximate surface area is 98.4 Å². The van der Waals surface area contributed by atoms with Gasteiger partial charge in [-0.05, 0) is 24.1 Å². The number of azide groups is 1. The predicted octanol–water partition coefficient (Wildman–Crippen LogP) is 2.54. The van der Waals surface area contributed by atoms with Crippen LogP contribution in [0.15, 0.2) is 41.5 Å². The molecule has 0 fully saturated rings. The summed E-state index contributed by atoms with van der Waals surface area (Å²) in [5, 5.41) is 3.17. The summed E-state index contributed by atoms with van der Waals surface area (Å²) in [5.74, 6) is -0.982. The molecule has 1 aromatic carbocycles. The second-order valence-corrected chi connectivity index (χ2v) is 3.36. The maximum Gasteiger partial charge on any atom is 0.172 e. The van der Waals surface area contributed by atoms with Crippen LogP contribution in [0.2, 0.25) is 0 Å². The van der Waals surface area contributed by atoms with Gasteiger partial charge in [0.25, 0.3) is 0 Å². The number of benzene rings is 1. The van der Waals surface area contributed by atoms with Crippen LogP contribution in [0.1, 0.15) is 12.5 Å². The zero-order valence-corrected chi connectivity index (χ0v) is 9.28. The van der Waals surface area contributed by atoms with E-state index in [4.69, 9.17) is 5.53 Å². The second-order valence-electron chi connectivity index (χ2n) is 3.36. The summed E-state index contributed by atoms with van der Waals surface area (Å²) >= 11 is 0. The highest BCUT2D eigenvalue weighted by atomic mass is 16.2. The van der Waals surface area contributed by atoms with Gasteiger partial charge in [0.1, 0.15) is 5.78 Å². The van der Waals surface area contributed by atoms with Crippen molar-refractivity contribution in [3.63, 3.8) is 0 Å². The lowest BCUT2D eigenvalue weighted by Crippen LogP contribution is -2.23. The van der Waals surface area contributed by atoms with Crippen molar-refractivity contribution in [3.8, 4) is 0 Å². The molecule has 86 valence electrons. The average Bonchev–Trinajstić information content (AvgIpc) is 2.34. The summed E-state index contributed by atoms with van der Waals surface area (Å²) in [5.41, 5.74) is 9.09. The van der Waals surface area contributed by atoms with Gasteiger partial charge >= 0.3 is 0 Å². The van der Waals surface area contributed by atoms with E-state index < -0.39 is 17.6 Å². The third-order valence-electron chi connectivity index (χ3n) is 2.06. The van der Waals surface area contributed by atoms with Crippen LogP contribution in [-0.4, -0.2) is 17.6 Å². The van der Waals surface area contributed by atoms with E-state index in [1.165, 1.54) is 13.0 Å². The van der Waals surface area contributed by atoms with Crippen molar-refractivity contribution in [1.82, 2.24) is 0 Å². The summed E-state index contributed by atoms with van der Waals surface area (Å²) in [6, 6.07) is 7.90. The number of hydrogen-bond acceptors (Lipinski definition) is 3. The monoisotopic (exact) mass is 229 g/mol. The maximum absolute atomic E-state index is 11.6. The summed E-state index contributed by atoms with van der Waals surface area (Å²) in [6.45, 7) is 1.22. The van der Waals surface area contributed by atoms with Crippen LogP contribution >= 0.6 is 0 Å². The highest BCUT2D eigenvalue weighted by Crippen LogP contribution is 2.04. The highest BCUT2D eigenvalue weighted by molar-refractivity contribution is 6.11. The van der Waals surface area contributed by atoms with Gasteiger partial charge in [0.2, 0.25) is 0 Å². The van der Waals surface area contributed by atoms with E-state index in [2.05, 4.69) is 10.0 Å². The number of Topliss-reactive ketones (excluding diaryl/α,β-unsaturated/α-hetero) is 1. The van der Waals surface area contributed by atoms with Gasteiger partial charge in [0.15, 0.2) is 11.8 Å². The summed E-state index contributed by atoms with van der Waals surface area (Å²) < 4.78 is 0. The molecule has 0 saturated heterocycles. The van der Waals surface area contributed by atoms with E-state index in [1.54, 1.807) is 6.08 Å². The van der Waals surface area contributed by atoms with Crippen molar-refractivity contribution >= 4 is 17.6 Å². The van der Waals surface area contributed by atoms with Gasteiger partial charge in [-0.3, -0.25) is 9.59 Å². The van der Waals surface area contributed by atoms with Crippen LogP contribution in [0.25, 0.3) is 16.5 Å². The molecule has 0 amide bonds. The topological polar surface area (TPSA) is 82.9 Å². The average molecular weight is 229 g/mol. The molecule has 1 aromatic rings. The second kappa shape index (κ2) is 6.25. The van der Waals surface area contributed by atoms with Crippen LogP contribution in [0.4, 0.5) is 0 Å². The molecule has 0 bridgehead atoms. The van der Waals surface area contributed by atoms with Crippen LogP contribution in [0.3, 0.4) is 0 Å². The van der Waals surface area contributed by atoms with Gasteiger partial charge in [-0.2, -0.15) is 0 Å². The minimum Gasteiger partial charge on any atom is -0.299 e. The molecule has 1 unspecified atom stereocenters. The number of nitrogens with zero attached hydrogens (tertiary/aromatic N) is 3. The minimum absolute atomic E-state index is 0.467. The normalized spacial score (nSPS) is 11.8. The lowest BCUT2D eigenvalue weighted by Gasteiger charge is -2.01. The van der Waals surface area contributed by atoms with E-state index in [9.17, 15) is 9.59 Å². The molecule has 5 nitrogen and oxygen atoms in total. The molecular weight excluding hydrogens is 218 g/mol. The molecule has 0 heterocycles. The third kappa shape index (κ3) is 3.93. The molecular formula is C12H11N3O2.